The van der Waals surface area contributed by atoms with Crippen LogP contribution in [0.3, 0.4) is 0 Å². The molecule has 0 atom stereocenters. The van der Waals surface area contributed by atoms with E-state index in [2.05, 4.69) is 0 Å². The van der Waals surface area contributed by atoms with Gasteiger partial charge in [-0.3, -0.25) is 14.3 Å². The molecule has 0 fully saturated rings. The van der Waals surface area contributed by atoms with Crippen molar-refractivity contribution in [2.75, 3.05) is 6.61 Å². The monoisotopic (exact) mass is 337 g/mol. The molecular formula is C15H15NO6S. The highest BCUT2D eigenvalue weighted by Gasteiger charge is 2.16. The predicted molar refractivity (Wildman–Crippen MR) is 83.2 cm³/mol. The molecule has 0 bridgehead atoms. The van der Waals surface area contributed by atoms with Crippen LogP contribution in [0.5, 0.6) is 11.5 Å². The molecule has 0 radical (unpaired) electrons. The van der Waals surface area contributed by atoms with Crippen molar-refractivity contribution in [2.45, 2.75) is 18.7 Å². The summed E-state index contributed by atoms with van der Waals surface area (Å²) in [6.07, 6.45) is 0. The molecule has 2 aromatic rings. The number of non-ortho nitro benzene ring substituents is 1. The standard InChI is InChI=1S/C15H15NO6S/c1-3-21-23(19,20)14-9-4-11(2)15(10-14)22-13-7-5-12(6-8-13)16(17)18/h4-10H,3H2,1-2H3. The van der Waals surface area contributed by atoms with Crippen LogP contribution in [0.1, 0.15) is 12.5 Å². The summed E-state index contributed by atoms with van der Waals surface area (Å²) < 4.78 is 34.2. The Morgan fingerprint density at radius 1 is 1.13 bits per heavy atom. The summed E-state index contributed by atoms with van der Waals surface area (Å²) in [6.45, 7) is 3.38. The lowest BCUT2D eigenvalue weighted by Gasteiger charge is -2.11. The smallest absolute Gasteiger partial charge is 0.297 e. The van der Waals surface area contributed by atoms with Gasteiger partial charge in [-0.25, -0.2) is 0 Å². The number of nitro benzene ring substituents is 1. The van der Waals surface area contributed by atoms with E-state index in [1.54, 1.807) is 19.9 Å². The second-order valence-corrected chi connectivity index (χ2v) is 6.26. The van der Waals surface area contributed by atoms with E-state index in [9.17, 15) is 18.5 Å². The topological polar surface area (TPSA) is 95.7 Å². The second-order valence-electron chi connectivity index (χ2n) is 4.64. The highest BCUT2D eigenvalue weighted by Crippen LogP contribution is 2.29. The van der Waals surface area contributed by atoms with Gasteiger partial charge in [-0.2, -0.15) is 8.42 Å². The summed E-state index contributed by atoms with van der Waals surface area (Å²) in [5.74, 6) is 0.698. The third-order valence-corrected chi connectivity index (χ3v) is 4.37. The summed E-state index contributed by atoms with van der Waals surface area (Å²) >= 11 is 0. The highest BCUT2D eigenvalue weighted by molar-refractivity contribution is 7.86. The first-order chi connectivity index (χ1) is 10.8. The molecule has 0 saturated heterocycles. The third kappa shape index (κ3) is 4.05. The number of ether oxygens (including phenoxy) is 1. The maximum atomic E-state index is 11.9. The zero-order valence-corrected chi connectivity index (χ0v) is 13.4. The van der Waals surface area contributed by atoms with Gasteiger partial charge < -0.3 is 4.74 Å². The number of aryl methyl sites for hydroxylation is 1. The molecule has 23 heavy (non-hydrogen) atoms. The first-order valence-electron chi connectivity index (χ1n) is 6.76. The molecule has 2 aromatic carbocycles. The predicted octanol–water partition coefficient (Wildman–Crippen LogP) is 3.42. The van der Waals surface area contributed by atoms with Gasteiger partial charge in [-0.05, 0) is 37.6 Å². The minimum atomic E-state index is -3.83. The maximum absolute atomic E-state index is 11.9. The van der Waals surface area contributed by atoms with E-state index in [1.807, 2.05) is 0 Å². The van der Waals surface area contributed by atoms with Crippen molar-refractivity contribution in [1.29, 1.82) is 0 Å². The fourth-order valence-electron chi connectivity index (χ4n) is 1.83. The van der Waals surface area contributed by atoms with E-state index < -0.39 is 15.0 Å². The normalized spacial score (nSPS) is 11.2. The maximum Gasteiger partial charge on any atom is 0.297 e. The van der Waals surface area contributed by atoms with Crippen LogP contribution in [-0.2, 0) is 14.3 Å². The molecule has 0 aliphatic heterocycles. The van der Waals surface area contributed by atoms with Crippen LogP contribution < -0.4 is 4.74 Å². The fraction of sp³-hybridized carbons (Fsp3) is 0.200. The number of hydrogen-bond donors (Lipinski definition) is 0. The minimum Gasteiger partial charge on any atom is -0.457 e. The molecule has 0 aliphatic rings. The van der Waals surface area contributed by atoms with E-state index in [-0.39, 0.29) is 17.2 Å². The van der Waals surface area contributed by atoms with Crippen LogP contribution in [0.15, 0.2) is 47.4 Å². The molecule has 2 rings (SSSR count). The van der Waals surface area contributed by atoms with Gasteiger partial charge in [0.1, 0.15) is 11.5 Å². The number of nitro groups is 1. The Balaban J connectivity index is 2.31. The van der Waals surface area contributed by atoms with Gasteiger partial charge in [-0.1, -0.05) is 6.07 Å². The van der Waals surface area contributed by atoms with Crippen LogP contribution >= 0.6 is 0 Å². The molecule has 0 heterocycles. The van der Waals surface area contributed by atoms with Crippen LogP contribution in [0.25, 0.3) is 0 Å². The minimum absolute atomic E-state index is 0.0122. The number of rotatable bonds is 6. The van der Waals surface area contributed by atoms with Gasteiger partial charge in [0.25, 0.3) is 15.8 Å². The van der Waals surface area contributed by atoms with E-state index in [0.29, 0.717) is 11.5 Å². The van der Waals surface area contributed by atoms with Gasteiger partial charge >= 0.3 is 0 Å². The van der Waals surface area contributed by atoms with Gasteiger partial charge in [0, 0.05) is 18.2 Å². The summed E-state index contributed by atoms with van der Waals surface area (Å²) in [6, 6.07) is 9.91. The molecule has 0 aliphatic carbocycles. The highest BCUT2D eigenvalue weighted by atomic mass is 32.2. The quantitative estimate of drug-likeness (QED) is 0.455. The molecule has 0 spiro atoms. The summed E-state index contributed by atoms with van der Waals surface area (Å²) in [7, 11) is -3.83. The fourth-order valence-corrected chi connectivity index (χ4v) is 2.76. The Bertz CT molecular complexity index is 814. The molecule has 0 amide bonds. The number of nitrogens with zero attached hydrogens (tertiary/aromatic N) is 1. The van der Waals surface area contributed by atoms with Crippen molar-refractivity contribution in [1.82, 2.24) is 0 Å². The van der Waals surface area contributed by atoms with Crippen LogP contribution in [0.4, 0.5) is 5.69 Å². The number of benzene rings is 2. The van der Waals surface area contributed by atoms with E-state index in [4.69, 9.17) is 8.92 Å². The molecule has 7 nitrogen and oxygen atoms in total. The van der Waals surface area contributed by atoms with Gasteiger partial charge in [-0.15, -0.1) is 0 Å². The molecule has 8 heteroatoms. The molecule has 0 saturated carbocycles. The van der Waals surface area contributed by atoms with Gasteiger partial charge in [0.15, 0.2) is 0 Å². The molecule has 0 aromatic heterocycles. The zero-order chi connectivity index (χ0) is 17.0. The average Bonchev–Trinajstić information content (AvgIpc) is 2.49. The van der Waals surface area contributed by atoms with Crippen LogP contribution in [-0.4, -0.2) is 19.9 Å². The Kier molecular flexibility index (Phi) is 4.97. The zero-order valence-electron chi connectivity index (χ0n) is 12.6. The number of hydrogen-bond acceptors (Lipinski definition) is 6. The Hall–Kier alpha value is -2.45. The van der Waals surface area contributed by atoms with Crippen molar-refractivity contribution in [3.05, 3.63) is 58.1 Å². The van der Waals surface area contributed by atoms with E-state index >= 15 is 0 Å². The van der Waals surface area contributed by atoms with Crippen LogP contribution in [0, 0.1) is 17.0 Å². The van der Waals surface area contributed by atoms with Gasteiger partial charge in [0.05, 0.1) is 16.4 Å². The molecule has 0 N–H and O–H groups in total. The first kappa shape index (κ1) is 16.9. The van der Waals surface area contributed by atoms with Crippen LogP contribution in [0.2, 0.25) is 0 Å². The average molecular weight is 337 g/mol. The largest absolute Gasteiger partial charge is 0.457 e. The third-order valence-electron chi connectivity index (χ3n) is 3.00. The first-order valence-corrected chi connectivity index (χ1v) is 8.16. The Morgan fingerprint density at radius 2 is 1.78 bits per heavy atom. The van der Waals surface area contributed by atoms with Crippen molar-refractivity contribution >= 4 is 15.8 Å². The lowest BCUT2D eigenvalue weighted by molar-refractivity contribution is -0.384. The van der Waals surface area contributed by atoms with Crippen molar-refractivity contribution in [2.24, 2.45) is 0 Å². The van der Waals surface area contributed by atoms with E-state index in [1.165, 1.54) is 36.4 Å². The van der Waals surface area contributed by atoms with Crippen molar-refractivity contribution in [3.63, 3.8) is 0 Å². The van der Waals surface area contributed by atoms with Crippen molar-refractivity contribution in [3.8, 4) is 11.5 Å². The second kappa shape index (κ2) is 6.76. The molecule has 122 valence electrons. The Labute approximate surface area is 133 Å². The molecular weight excluding hydrogens is 322 g/mol. The summed E-state index contributed by atoms with van der Waals surface area (Å²) in [4.78, 5) is 10.1. The lowest BCUT2D eigenvalue weighted by atomic mass is 10.2. The van der Waals surface area contributed by atoms with E-state index in [0.717, 1.165) is 5.56 Å². The summed E-state index contributed by atoms with van der Waals surface area (Å²) in [5.41, 5.74) is 0.667. The summed E-state index contributed by atoms with van der Waals surface area (Å²) in [5, 5.41) is 10.6. The van der Waals surface area contributed by atoms with Crippen molar-refractivity contribution < 1.29 is 22.3 Å². The van der Waals surface area contributed by atoms with Gasteiger partial charge in [0.2, 0.25) is 0 Å². The lowest BCUT2D eigenvalue weighted by Crippen LogP contribution is -2.06. The SMILES string of the molecule is CCOS(=O)(=O)c1ccc(C)c(Oc2ccc([N+](=O)[O-])cc2)c1. The Morgan fingerprint density at radius 3 is 2.35 bits per heavy atom. The molecule has 0 unspecified atom stereocenters.